The molecule has 112 valence electrons. The van der Waals surface area contributed by atoms with Gasteiger partial charge in [-0.1, -0.05) is 35.3 Å². The molecule has 0 atom stereocenters. The van der Waals surface area contributed by atoms with Crippen molar-refractivity contribution in [2.24, 2.45) is 0 Å². The number of aromatic nitrogens is 1. The summed E-state index contributed by atoms with van der Waals surface area (Å²) in [5.41, 5.74) is 1.62. The van der Waals surface area contributed by atoms with Crippen molar-refractivity contribution in [1.29, 1.82) is 0 Å². The predicted molar refractivity (Wildman–Crippen MR) is 93.0 cm³/mol. The number of aryl methyl sites for hydroxylation is 1. The van der Waals surface area contributed by atoms with Crippen LogP contribution < -0.4 is 5.32 Å². The third-order valence-electron chi connectivity index (χ3n) is 3.11. The molecule has 3 aromatic rings. The first-order valence-corrected chi connectivity index (χ1v) is 8.28. The first kappa shape index (κ1) is 15.3. The molecule has 1 aromatic heterocycles. The van der Waals surface area contributed by atoms with E-state index in [1.165, 1.54) is 0 Å². The number of anilines is 1. The number of carbonyl (C=O) groups excluding carboxylic acids is 1. The van der Waals surface area contributed by atoms with Crippen molar-refractivity contribution in [3.63, 3.8) is 0 Å². The largest absolute Gasteiger partial charge is 0.326 e. The molecule has 0 aliphatic heterocycles. The lowest BCUT2D eigenvalue weighted by atomic mass is 10.2. The van der Waals surface area contributed by atoms with Crippen LogP contribution in [0, 0.1) is 0 Å². The van der Waals surface area contributed by atoms with Crippen LogP contribution in [0.5, 0.6) is 0 Å². The van der Waals surface area contributed by atoms with Gasteiger partial charge in [0.05, 0.1) is 25.3 Å². The molecule has 6 heteroatoms. The normalized spacial score (nSPS) is 10.8. The highest BCUT2D eigenvalue weighted by Crippen LogP contribution is 2.25. The smallest absolute Gasteiger partial charge is 0.224 e. The molecule has 0 radical (unpaired) electrons. The number of hydrogen-bond donors (Lipinski definition) is 1. The molecule has 1 heterocycles. The maximum Gasteiger partial charge on any atom is 0.224 e. The maximum atomic E-state index is 12.0. The fourth-order valence-electron chi connectivity index (χ4n) is 2.04. The molecule has 0 unspecified atom stereocenters. The van der Waals surface area contributed by atoms with Gasteiger partial charge >= 0.3 is 0 Å². The molecule has 0 saturated heterocycles. The van der Waals surface area contributed by atoms with Gasteiger partial charge in [0, 0.05) is 18.5 Å². The Morgan fingerprint density at radius 1 is 1.14 bits per heavy atom. The third-order valence-corrected chi connectivity index (χ3v) is 4.94. The molecule has 0 bridgehead atoms. The first-order valence-electron chi connectivity index (χ1n) is 6.71. The zero-order valence-electron chi connectivity index (χ0n) is 11.5. The minimum atomic E-state index is -0.0716. The number of benzene rings is 2. The molecule has 0 saturated carbocycles. The monoisotopic (exact) mass is 350 g/mol. The van der Waals surface area contributed by atoms with E-state index < -0.39 is 0 Å². The fourth-order valence-corrected chi connectivity index (χ4v) is 3.31. The Morgan fingerprint density at radius 2 is 1.95 bits per heavy atom. The molecule has 3 rings (SSSR count). The summed E-state index contributed by atoms with van der Waals surface area (Å²) in [5, 5.41) is 4.66. The van der Waals surface area contributed by atoms with E-state index in [0.717, 1.165) is 15.2 Å². The molecule has 3 nitrogen and oxygen atoms in total. The van der Waals surface area contributed by atoms with E-state index in [1.54, 1.807) is 29.5 Å². The van der Waals surface area contributed by atoms with Gasteiger partial charge in [0.15, 0.2) is 0 Å². The minimum absolute atomic E-state index is 0.0716. The van der Waals surface area contributed by atoms with Crippen LogP contribution in [0.1, 0.15) is 11.4 Å². The lowest BCUT2D eigenvalue weighted by Gasteiger charge is -2.05. The average Bonchev–Trinajstić information content (AvgIpc) is 2.92. The lowest BCUT2D eigenvalue weighted by molar-refractivity contribution is -0.116. The standard InChI is InChI=1S/C16H12Cl2N2OS/c17-11-6-5-10(9-12(11)18)19-15(21)7-8-16-20-13-3-1-2-4-14(13)22-16/h1-6,9H,7-8H2,(H,19,21). The highest BCUT2D eigenvalue weighted by molar-refractivity contribution is 7.18. The van der Waals surface area contributed by atoms with Crippen LogP contribution in [-0.4, -0.2) is 10.9 Å². The highest BCUT2D eigenvalue weighted by atomic mass is 35.5. The molecular weight excluding hydrogens is 339 g/mol. The zero-order chi connectivity index (χ0) is 15.5. The van der Waals surface area contributed by atoms with E-state index in [2.05, 4.69) is 10.3 Å². The number of rotatable bonds is 4. The molecule has 0 aliphatic rings. The fraction of sp³-hybridized carbons (Fsp3) is 0.125. The van der Waals surface area contributed by atoms with Crippen molar-refractivity contribution in [2.45, 2.75) is 12.8 Å². The highest BCUT2D eigenvalue weighted by Gasteiger charge is 2.08. The summed E-state index contributed by atoms with van der Waals surface area (Å²) in [4.78, 5) is 16.5. The van der Waals surface area contributed by atoms with Crippen LogP contribution in [0.3, 0.4) is 0 Å². The summed E-state index contributed by atoms with van der Waals surface area (Å²) in [6, 6.07) is 13.0. The molecule has 0 fully saturated rings. The molecule has 1 N–H and O–H groups in total. The number of hydrogen-bond acceptors (Lipinski definition) is 3. The second-order valence-electron chi connectivity index (χ2n) is 4.75. The molecule has 2 aromatic carbocycles. The minimum Gasteiger partial charge on any atom is -0.326 e. The van der Waals surface area contributed by atoms with E-state index in [4.69, 9.17) is 23.2 Å². The van der Waals surface area contributed by atoms with Gasteiger partial charge in [0.2, 0.25) is 5.91 Å². The number of carbonyl (C=O) groups is 1. The van der Waals surface area contributed by atoms with E-state index in [0.29, 0.717) is 28.6 Å². The van der Waals surface area contributed by atoms with Gasteiger partial charge in [0.25, 0.3) is 0 Å². The van der Waals surface area contributed by atoms with E-state index >= 15 is 0 Å². The Kier molecular flexibility index (Phi) is 4.62. The number of halogens is 2. The van der Waals surface area contributed by atoms with Gasteiger partial charge in [0.1, 0.15) is 0 Å². The molecule has 0 aliphatic carbocycles. The van der Waals surface area contributed by atoms with Crippen LogP contribution in [0.25, 0.3) is 10.2 Å². The van der Waals surface area contributed by atoms with E-state index in [-0.39, 0.29) is 5.91 Å². The van der Waals surface area contributed by atoms with Crippen LogP contribution in [-0.2, 0) is 11.2 Å². The van der Waals surface area contributed by atoms with Gasteiger partial charge in [-0.3, -0.25) is 4.79 Å². The number of nitrogens with one attached hydrogen (secondary N) is 1. The lowest BCUT2D eigenvalue weighted by Crippen LogP contribution is -2.12. The zero-order valence-corrected chi connectivity index (χ0v) is 13.8. The average molecular weight is 351 g/mol. The summed E-state index contributed by atoms with van der Waals surface area (Å²) >= 11 is 13.4. The topological polar surface area (TPSA) is 42.0 Å². The van der Waals surface area contributed by atoms with Gasteiger partial charge in [-0.2, -0.15) is 0 Å². The second kappa shape index (κ2) is 6.65. The first-order chi connectivity index (χ1) is 10.6. The summed E-state index contributed by atoms with van der Waals surface area (Å²) in [6.07, 6.45) is 0.993. The van der Waals surface area contributed by atoms with Crippen LogP contribution in [0.4, 0.5) is 5.69 Å². The number of amides is 1. The molecular formula is C16H12Cl2N2OS. The summed E-state index contributed by atoms with van der Waals surface area (Å²) in [7, 11) is 0. The number of nitrogens with zero attached hydrogens (tertiary/aromatic N) is 1. The Bertz CT molecular complexity index is 799. The van der Waals surface area contributed by atoms with Crippen molar-refractivity contribution in [2.75, 3.05) is 5.32 Å². The molecule has 0 spiro atoms. The van der Waals surface area contributed by atoms with Crippen molar-refractivity contribution in [3.8, 4) is 0 Å². The summed E-state index contributed by atoms with van der Waals surface area (Å²) in [6.45, 7) is 0. The predicted octanol–water partition coefficient (Wildman–Crippen LogP) is 5.17. The van der Waals surface area contributed by atoms with Crippen molar-refractivity contribution in [3.05, 3.63) is 57.5 Å². The van der Waals surface area contributed by atoms with Crippen LogP contribution in [0.15, 0.2) is 42.5 Å². The van der Waals surface area contributed by atoms with Crippen LogP contribution >= 0.6 is 34.5 Å². The number of fused-ring (bicyclic) bond motifs is 1. The second-order valence-corrected chi connectivity index (χ2v) is 6.68. The van der Waals surface area contributed by atoms with Gasteiger partial charge in [-0.25, -0.2) is 4.98 Å². The number of para-hydroxylation sites is 1. The van der Waals surface area contributed by atoms with Gasteiger partial charge in [-0.05, 0) is 30.3 Å². The van der Waals surface area contributed by atoms with E-state index in [1.807, 2.05) is 24.3 Å². The van der Waals surface area contributed by atoms with E-state index in [9.17, 15) is 4.79 Å². The Morgan fingerprint density at radius 3 is 2.73 bits per heavy atom. The quantitative estimate of drug-likeness (QED) is 0.704. The van der Waals surface area contributed by atoms with Crippen molar-refractivity contribution in [1.82, 2.24) is 4.98 Å². The van der Waals surface area contributed by atoms with Crippen molar-refractivity contribution >= 4 is 56.3 Å². The summed E-state index contributed by atoms with van der Waals surface area (Å²) < 4.78 is 1.14. The maximum absolute atomic E-state index is 12.0. The Labute approximate surface area is 141 Å². The van der Waals surface area contributed by atoms with Gasteiger partial charge in [-0.15, -0.1) is 11.3 Å². The SMILES string of the molecule is O=C(CCc1nc2ccccc2s1)Nc1ccc(Cl)c(Cl)c1. The van der Waals surface area contributed by atoms with Gasteiger partial charge < -0.3 is 5.32 Å². The van der Waals surface area contributed by atoms with Crippen LogP contribution in [0.2, 0.25) is 10.0 Å². The van der Waals surface area contributed by atoms with Crippen molar-refractivity contribution < 1.29 is 4.79 Å². The Hall–Kier alpha value is -1.62. The molecule has 22 heavy (non-hydrogen) atoms. The molecule has 1 amide bonds. The Balaban J connectivity index is 1.60. The third kappa shape index (κ3) is 3.58. The number of thiazole rings is 1. The summed E-state index contributed by atoms with van der Waals surface area (Å²) in [5.74, 6) is -0.0716.